The van der Waals surface area contributed by atoms with Gasteiger partial charge in [0.25, 0.3) is 0 Å². The van der Waals surface area contributed by atoms with Crippen molar-refractivity contribution in [2.24, 2.45) is 16.1 Å². The summed E-state index contributed by atoms with van der Waals surface area (Å²) in [5, 5.41) is 8.16. The minimum Gasteiger partial charge on any atom is -0.462 e. The van der Waals surface area contributed by atoms with Crippen LogP contribution in [0, 0.1) is 5.92 Å². The third-order valence-electron chi connectivity index (χ3n) is 3.71. The van der Waals surface area contributed by atoms with Crippen LogP contribution in [-0.4, -0.2) is 30.6 Å². The second-order valence-corrected chi connectivity index (χ2v) is 5.50. The zero-order valence-corrected chi connectivity index (χ0v) is 13.2. The van der Waals surface area contributed by atoms with Gasteiger partial charge in [-0.2, -0.15) is 10.2 Å². The summed E-state index contributed by atoms with van der Waals surface area (Å²) >= 11 is 0. The van der Waals surface area contributed by atoms with E-state index in [1.54, 1.807) is 37.4 Å². The highest BCUT2D eigenvalue weighted by Gasteiger charge is 2.12. The third kappa shape index (κ3) is 4.98. The summed E-state index contributed by atoms with van der Waals surface area (Å²) in [4.78, 5) is 13.8. The molecule has 1 aromatic carbocycles. The Kier molecular flexibility index (Phi) is 6.13. The van der Waals surface area contributed by atoms with Gasteiger partial charge in [0.2, 0.25) is 0 Å². The van der Waals surface area contributed by atoms with Crippen molar-refractivity contribution in [2.45, 2.75) is 26.7 Å². The zero-order valence-electron chi connectivity index (χ0n) is 13.2. The summed E-state index contributed by atoms with van der Waals surface area (Å²) < 4.78 is 4.93. The molecule has 22 heavy (non-hydrogen) atoms. The van der Waals surface area contributed by atoms with Gasteiger partial charge in [-0.25, -0.2) is 4.79 Å². The molecule has 0 unspecified atom stereocenters. The van der Waals surface area contributed by atoms with Crippen molar-refractivity contribution in [3.63, 3.8) is 0 Å². The number of ether oxygens (including phenoxy) is 1. The van der Waals surface area contributed by atoms with Gasteiger partial charge in [-0.3, -0.25) is 0 Å². The van der Waals surface area contributed by atoms with Gasteiger partial charge in [-0.1, -0.05) is 6.92 Å². The fourth-order valence-corrected chi connectivity index (χ4v) is 2.28. The highest BCUT2D eigenvalue weighted by molar-refractivity contribution is 5.89. The normalized spacial score (nSPS) is 16.5. The first-order valence-electron chi connectivity index (χ1n) is 7.78. The number of hydrogen-bond donors (Lipinski definition) is 0. The molecular weight excluding hydrogens is 278 g/mol. The van der Waals surface area contributed by atoms with E-state index in [2.05, 4.69) is 22.1 Å². The SMILES string of the molecule is CCOC(=O)c1ccc(N=NC=CN2CCC(C)CC2)cc1. The molecule has 0 spiro atoms. The number of rotatable bonds is 5. The molecule has 0 saturated carbocycles. The van der Waals surface area contributed by atoms with E-state index >= 15 is 0 Å². The lowest BCUT2D eigenvalue weighted by atomic mass is 10.00. The van der Waals surface area contributed by atoms with E-state index in [0.717, 1.165) is 19.0 Å². The van der Waals surface area contributed by atoms with Crippen molar-refractivity contribution in [3.05, 3.63) is 42.2 Å². The van der Waals surface area contributed by atoms with Crippen LogP contribution in [-0.2, 0) is 4.74 Å². The van der Waals surface area contributed by atoms with Crippen LogP contribution in [0.4, 0.5) is 5.69 Å². The molecule has 1 saturated heterocycles. The maximum Gasteiger partial charge on any atom is 0.338 e. The van der Waals surface area contributed by atoms with Gasteiger partial charge in [0.1, 0.15) is 0 Å². The van der Waals surface area contributed by atoms with Crippen LogP contribution < -0.4 is 0 Å². The van der Waals surface area contributed by atoms with Crippen molar-refractivity contribution in [3.8, 4) is 0 Å². The maximum atomic E-state index is 11.5. The number of hydrogen-bond acceptors (Lipinski definition) is 5. The second kappa shape index (κ2) is 8.32. The number of benzene rings is 1. The average molecular weight is 301 g/mol. The second-order valence-electron chi connectivity index (χ2n) is 5.50. The summed E-state index contributed by atoms with van der Waals surface area (Å²) in [6.07, 6.45) is 6.17. The average Bonchev–Trinajstić information content (AvgIpc) is 2.54. The molecule has 0 aliphatic carbocycles. The lowest BCUT2D eigenvalue weighted by molar-refractivity contribution is 0.0526. The zero-order chi connectivity index (χ0) is 15.8. The first-order chi connectivity index (χ1) is 10.7. The van der Waals surface area contributed by atoms with Gasteiger partial charge < -0.3 is 9.64 Å². The van der Waals surface area contributed by atoms with Gasteiger partial charge in [-0.05, 0) is 49.9 Å². The Balaban J connectivity index is 1.84. The molecule has 2 rings (SSSR count). The molecule has 1 fully saturated rings. The minimum absolute atomic E-state index is 0.315. The van der Waals surface area contributed by atoms with Crippen molar-refractivity contribution < 1.29 is 9.53 Å². The highest BCUT2D eigenvalue weighted by Crippen LogP contribution is 2.17. The van der Waals surface area contributed by atoms with Crippen LogP contribution in [0.1, 0.15) is 37.0 Å². The Morgan fingerprint density at radius 2 is 2.00 bits per heavy atom. The monoisotopic (exact) mass is 301 g/mol. The molecule has 1 aliphatic rings. The number of carbonyl (C=O) groups excluding carboxylic acids is 1. The summed E-state index contributed by atoms with van der Waals surface area (Å²) in [5.74, 6) is 0.509. The molecule has 118 valence electrons. The molecule has 0 N–H and O–H groups in total. The van der Waals surface area contributed by atoms with Crippen molar-refractivity contribution in [2.75, 3.05) is 19.7 Å². The predicted molar refractivity (Wildman–Crippen MR) is 86.0 cm³/mol. The maximum absolute atomic E-state index is 11.5. The quantitative estimate of drug-likeness (QED) is 0.606. The van der Waals surface area contributed by atoms with E-state index < -0.39 is 0 Å². The van der Waals surface area contributed by atoms with Crippen LogP contribution in [0.15, 0.2) is 46.9 Å². The van der Waals surface area contributed by atoms with Crippen LogP contribution in [0.25, 0.3) is 0 Å². The molecule has 0 atom stereocenters. The van der Waals surface area contributed by atoms with Gasteiger partial charge in [-0.15, -0.1) is 0 Å². The fraction of sp³-hybridized carbons (Fsp3) is 0.471. The summed E-state index contributed by atoms with van der Waals surface area (Å²) in [5.41, 5.74) is 1.24. The lowest BCUT2D eigenvalue weighted by Gasteiger charge is -2.28. The molecule has 0 radical (unpaired) electrons. The Morgan fingerprint density at radius 1 is 1.32 bits per heavy atom. The molecule has 0 aromatic heterocycles. The van der Waals surface area contributed by atoms with Gasteiger partial charge in [0.15, 0.2) is 0 Å². The summed E-state index contributed by atoms with van der Waals surface area (Å²) in [7, 11) is 0. The molecular formula is C17H23N3O2. The number of likely N-dealkylation sites (tertiary alicyclic amines) is 1. The van der Waals surface area contributed by atoms with Crippen LogP contribution in [0.3, 0.4) is 0 Å². The van der Waals surface area contributed by atoms with E-state index in [0.29, 0.717) is 17.9 Å². The molecule has 0 amide bonds. The van der Waals surface area contributed by atoms with Gasteiger partial charge in [0.05, 0.1) is 24.1 Å². The number of azo groups is 1. The third-order valence-corrected chi connectivity index (χ3v) is 3.71. The van der Waals surface area contributed by atoms with E-state index in [1.165, 1.54) is 12.8 Å². The van der Waals surface area contributed by atoms with Crippen molar-refractivity contribution in [1.82, 2.24) is 4.90 Å². The minimum atomic E-state index is -0.315. The van der Waals surface area contributed by atoms with E-state index in [9.17, 15) is 4.79 Å². The molecule has 1 aliphatic heterocycles. The summed E-state index contributed by atoms with van der Waals surface area (Å²) in [6, 6.07) is 6.91. The van der Waals surface area contributed by atoms with Crippen molar-refractivity contribution in [1.29, 1.82) is 0 Å². The number of nitrogens with zero attached hydrogens (tertiary/aromatic N) is 3. The molecule has 0 bridgehead atoms. The topological polar surface area (TPSA) is 54.3 Å². The fourth-order valence-electron chi connectivity index (χ4n) is 2.28. The standard InChI is InChI=1S/C17H23N3O2/c1-3-22-17(21)15-4-6-16(7-5-15)19-18-10-13-20-11-8-14(2)9-12-20/h4-7,10,13-14H,3,8-9,11-12H2,1-2H3. The smallest absolute Gasteiger partial charge is 0.338 e. The van der Waals surface area contributed by atoms with Crippen LogP contribution in [0.2, 0.25) is 0 Å². The first-order valence-corrected chi connectivity index (χ1v) is 7.78. The van der Waals surface area contributed by atoms with E-state index in [1.807, 2.05) is 6.20 Å². The van der Waals surface area contributed by atoms with E-state index in [4.69, 9.17) is 4.74 Å². The van der Waals surface area contributed by atoms with E-state index in [-0.39, 0.29) is 5.97 Å². The number of carbonyl (C=O) groups is 1. The predicted octanol–water partition coefficient (Wildman–Crippen LogP) is 4.15. The Bertz CT molecular complexity index is 529. The largest absolute Gasteiger partial charge is 0.462 e. The molecule has 1 heterocycles. The Morgan fingerprint density at radius 3 is 2.64 bits per heavy atom. The molecule has 5 heteroatoms. The van der Waals surface area contributed by atoms with Gasteiger partial charge in [0, 0.05) is 19.3 Å². The highest BCUT2D eigenvalue weighted by atomic mass is 16.5. The Labute approximate surface area is 131 Å². The van der Waals surface area contributed by atoms with Gasteiger partial charge >= 0.3 is 5.97 Å². The van der Waals surface area contributed by atoms with Crippen molar-refractivity contribution >= 4 is 11.7 Å². The number of esters is 1. The first kappa shape index (κ1) is 16.2. The lowest BCUT2D eigenvalue weighted by Crippen LogP contribution is -2.28. The van der Waals surface area contributed by atoms with Crippen LogP contribution >= 0.6 is 0 Å². The number of piperidine rings is 1. The summed E-state index contributed by atoms with van der Waals surface area (Å²) in [6.45, 7) is 6.62. The van der Waals surface area contributed by atoms with Crippen LogP contribution in [0.5, 0.6) is 0 Å². The Hall–Kier alpha value is -2.17. The molecule has 5 nitrogen and oxygen atoms in total. The molecule has 1 aromatic rings.